The highest BCUT2D eigenvalue weighted by molar-refractivity contribution is 7.88. The van der Waals surface area contributed by atoms with Crippen molar-refractivity contribution in [1.82, 2.24) is 9.62 Å². The molecule has 8 nitrogen and oxygen atoms in total. The quantitative estimate of drug-likeness (QED) is 0.798. The number of nitrogens with one attached hydrogen (secondary N) is 1. The second-order valence-corrected chi connectivity index (χ2v) is 6.87. The monoisotopic (exact) mass is 304 g/mol. The standard InChI is InChI=1S/C11H16N2O6S/c1-11(2,10(15)16)12-9(14)7-5-6-8(19-7)20(17,18)13(3)4/h5-6H,1-4H3,(H,12,14)(H,15,16). The maximum Gasteiger partial charge on any atom is 0.328 e. The van der Waals surface area contributed by atoms with Crippen molar-refractivity contribution >= 4 is 21.9 Å². The van der Waals surface area contributed by atoms with E-state index in [9.17, 15) is 18.0 Å². The van der Waals surface area contributed by atoms with Gasteiger partial charge in [0.15, 0.2) is 5.76 Å². The summed E-state index contributed by atoms with van der Waals surface area (Å²) in [5.74, 6) is -2.31. The van der Waals surface area contributed by atoms with Crippen LogP contribution in [-0.2, 0) is 14.8 Å². The summed E-state index contributed by atoms with van der Waals surface area (Å²) < 4.78 is 29.4. The van der Waals surface area contributed by atoms with E-state index in [0.717, 1.165) is 10.4 Å². The smallest absolute Gasteiger partial charge is 0.328 e. The van der Waals surface area contributed by atoms with Gasteiger partial charge in [0.05, 0.1) is 0 Å². The summed E-state index contributed by atoms with van der Waals surface area (Å²) in [6.07, 6.45) is 0. The fraction of sp³-hybridized carbons (Fsp3) is 0.455. The molecule has 0 spiro atoms. The Morgan fingerprint density at radius 2 is 1.85 bits per heavy atom. The van der Waals surface area contributed by atoms with Crippen LogP contribution in [0.3, 0.4) is 0 Å². The van der Waals surface area contributed by atoms with Crippen LogP contribution in [-0.4, -0.2) is 49.3 Å². The molecular formula is C11H16N2O6S. The lowest BCUT2D eigenvalue weighted by Gasteiger charge is -2.19. The molecule has 0 aromatic carbocycles. The fourth-order valence-corrected chi connectivity index (χ4v) is 1.95. The van der Waals surface area contributed by atoms with Crippen molar-refractivity contribution in [2.24, 2.45) is 0 Å². The van der Waals surface area contributed by atoms with Crippen LogP contribution in [0.2, 0.25) is 0 Å². The predicted molar refractivity (Wildman–Crippen MR) is 68.8 cm³/mol. The third-order valence-corrected chi connectivity index (χ3v) is 4.19. The number of furan rings is 1. The molecule has 20 heavy (non-hydrogen) atoms. The topological polar surface area (TPSA) is 117 Å². The van der Waals surface area contributed by atoms with E-state index in [4.69, 9.17) is 9.52 Å². The first-order valence-corrected chi connectivity index (χ1v) is 7.01. The number of carboxylic acid groups (broad SMARTS) is 1. The number of carbonyl (C=O) groups excluding carboxylic acids is 1. The van der Waals surface area contributed by atoms with Crippen LogP contribution < -0.4 is 5.32 Å². The third kappa shape index (κ3) is 3.17. The Kier molecular flexibility index (Phi) is 4.25. The molecule has 0 unspecified atom stereocenters. The van der Waals surface area contributed by atoms with Gasteiger partial charge in [0, 0.05) is 14.1 Å². The van der Waals surface area contributed by atoms with Crippen LogP contribution in [0.4, 0.5) is 0 Å². The van der Waals surface area contributed by atoms with Gasteiger partial charge in [-0.05, 0) is 26.0 Å². The molecule has 0 aliphatic carbocycles. The lowest BCUT2D eigenvalue weighted by Crippen LogP contribution is -2.49. The van der Waals surface area contributed by atoms with Gasteiger partial charge in [-0.25, -0.2) is 17.5 Å². The van der Waals surface area contributed by atoms with E-state index >= 15 is 0 Å². The van der Waals surface area contributed by atoms with Gasteiger partial charge in [0.2, 0.25) is 5.09 Å². The molecule has 0 fully saturated rings. The van der Waals surface area contributed by atoms with E-state index in [-0.39, 0.29) is 10.9 Å². The van der Waals surface area contributed by atoms with Gasteiger partial charge in [-0.2, -0.15) is 0 Å². The van der Waals surface area contributed by atoms with Gasteiger partial charge in [-0.1, -0.05) is 0 Å². The maximum atomic E-state index is 11.8. The Balaban J connectivity index is 2.99. The van der Waals surface area contributed by atoms with Gasteiger partial charge in [0.25, 0.3) is 15.9 Å². The van der Waals surface area contributed by atoms with Crippen LogP contribution >= 0.6 is 0 Å². The molecule has 0 saturated carbocycles. The zero-order chi connectivity index (χ0) is 15.7. The first-order valence-electron chi connectivity index (χ1n) is 5.57. The number of carboxylic acids is 1. The minimum atomic E-state index is -3.78. The molecule has 1 amide bonds. The number of aliphatic carboxylic acids is 1. The molecule has 0 aliphatic heterocycles. The lowest BCUT2D eigenvalue weighted by atomic mass is 10.1. The minimum Gasteiger partial charge on any atom is -0.480 e. The molecule has 1 heterocycles. The number of sulfonamides is 1. The Bertz CT molecular complexity index is 629. The number of rotatable bonds is 5. The predicted octanol–water partition coefficient (Wildman–Crippen LogP) is 0.123. The van der Waals surface area contributed by atoms with E-state index in [1.54, 1.807) is 0 Å². The third-order valence-electron chi connectivity index (χ3n) is 2.50. The molecule has 1 aromatic rings. The highest BCUT2D eigenvalue weighted by atomic mass is 32.2. The van der Waals surface area contributed by atoms with Gasteiger partial charge in [-0.15, -0.1) is 0 Å². The van der Waals surface area contributed by atoms with Gasteiger partial charge in [-0.3, -0.25) is 4.79 Å². The van der Waals surface area contributed by atoms with Crippen molar-refractivity contribution in [2.45, 2.75) is 24.5 Å². The van der Waals surface area contributed by atoms with Crippen molar-refractivity contribution in [2.75, 3.05) is 14.1 Å². The number of hydrogen-bond acceptors (Lipinski definition) is 5. The van der Waals surface area contributed by atoms with Crippen LogP contribution in [0.25, 0.3) is 0 Å². The van der Waals surface area contributed by atoms with Crippen molar-refractivity contribution in [3.63, 3.8) is 0 Å². The molecule has 0 saturated heterocycles. The summed E-state index contributed by atoms with van der Waals surface area (Å²) in [5.41, 5.74) is -1.50. The first-order chi connectivity index (χ1) is 8.98. The van der Waals surface area contributed by atoms with Crippen molar-refractivity contribution in [1.29, 1.82) is 0 Å². The number of amides is 1. The molecule has 1 aromatic heterocycles. The average molecular weight is 304 g/mol. The highest BCUT2D eigenvalue weighted by Crippen LogP contribution is 2.17. The molecule has 0 atom stereocenters. The van der Waals surface area contributed by atoms with Crippen LogP contribution in [0.5, 0.6) is 0 Å². The first kappa shape index (κ1) is 16.2. The van der Waals surface area contributed by atoms with Crippen molar-refractivity contribution in [3.05, 3.63) is 17.9 Å². The minimum absolute atomic E-state index is 0.278. The largest absolute Gasteiger partial charge is 0.480 e. The molecule has 0 bridgehead atoms. The van der Waals surface area contributed by atoms with E-state index in [2.05, 4.69) is 5.32 Å². The summed E-state index contributed by atoms with van der Waals surface area (Å²) in [6, 6.07) is 2.31. The Hall–Kier alpha value is -1.87. The van der Waals surface area contributed by atoms with Gasteiger partial charge < -0.3 is 14.8 Å². The Morgan fingerprint density at radius 3 is 2.30 bits per heavy atom. The van der Waals surface area contributed by atoms with Crippen LogP contribution in [0.15, 0.2) is 21.6 Å². The Labute approximate surface area is 116 Å². The zero-order valence-corrected chi connectivity index (χ0v) is 12.3. The molecule has 0 aliphatic rings. The summed E-state index contributed by atoms with van der Waals surface area (Å²) in [6.45, 7) is 2.60. The second kappa shape index (κ2) is 5.25. The summed E-state index contributed by atoms with van der Waals surface area (Å²) in [7, 11) is -1.13. The van der Waals surface area contributed by atoms with E-state index in [1.165, 1.54) is 34.0 Å². The fourth-order valence-electron chi connectivity index (χ4n) is 1.16. The number of carbonyl (C=O) groups is 2. The summed E-state index contributed by atoms with van der Waals surface area (Å²) >= 11 is 0. The zero-order valence-electron chi connectivity index (χ0n) is 11.5. The Morgan fingerprint density at radius 1 is 1.30 bits per heavy atom. The molecular weight excluding hydrogens is 288 g/mol. The molecule has 1 rings (SSSR count). The summed E-state index contributed by atoms with van der Waals surface area (Å²) in [5, 5.41) is 10.7. The molecule has 0 radical (unpaired) electrons. The highest BCUT2D eigenvalue weighted by Gasteiger charge is 2.31. The van der Waals surface area contributed by atoms with Crippen LogP contribution in [0, 0.1) is 0 Å². The molecule has 112 valence electrons. The van der Waals surface area contributed by atoms with Crippen molar-refractivity contribution in [3.8, 4) is 0 Å². The normalized spacial score (nSPS) is 12.4. The maximum absolute atomic E-state index is 11.8. The molecule has 9 heteroatoms. The lowest BCUT2D eigenvalue weighted by molar-refractivity contribution is -0.143. The summed E-state index contributed by atoms with van der Waals surface area (Å²) in [4.78, 5) is 22.7. The van der Waals surface area contributed by atoms with Crippen LogP contribution in [0.1, 0.15) is 24.4 Å². The number of hydrogen-bond donors (Lipinski definition) is 2. The van der Waals surface area contributed by atoms with E-state index in [0.29, 0.717) is 0 Å². The van der Waals surface area contributed by atoms with E-state index < -0.39 is 27.4 Å². The average Bonchev–Trinajstić information content (AvgIpc) is 2.77. The SMILES string of the molecule is CN(C)S(=O)(=O)c1ccc(C(=O)NC(C)(C)C(=O)O)o1. The van der Waals surface area contributed by atoms with Gasteiger partial charge in [0.1, 0.15) is 5.54 Å². The van der Waals surface area contributed by atoms with Gasteiger partial charge >= 0.3 is 5.97 Å². The molecule has 2 N–H and O–H groups in total. The number of nitrogens with zero attached hydrogens (tertiary/aromatic N) is 1. The second-order valence-electron chi connectivity index (χ2n) is 4.79. The van der Waals surface area contributed by atoms with Crippen molar-refractivity contribution < 1.29 is 27.5 Å². The van der Waals surface area contributed by atoms with E-state index in [1.807, 2.05) is 0 Å².